The average Bonchev–Trinajstić information content (AvgIpc) is 3.41. The number of carbonyl (C=O) groups excluding carboxylic acids is 4. The van der Waals surface area contributed by atoms with E-state index in [0.717, 1.165) is 27.8 Å². The molecule has 36 heavy (non-hydrogen) atoms. The highest BCUT2D eigenvalue weighted by atomic mass is 32.2. The maximum atomic E-state index is 12.8. The number of thioether (sulfide) groups is 1. The van der Waals surface area contributed by atoms with Crippen LogP contribution in [0.5, 0.6) is 0 Å². The normalized spacial score (nSPS) is 14.4. The average molecular weight is 505 g/mol. The first-order chi connectivity index (χ1) is 17.2. The van der Waals surface area contributed by atoms with Crippen molar-refractivity contribution in [3.05, 3.63) is 81.5 Å². The molecule has 1 aliphatic rings. The monoisotopic (exact) mass is 504 g/mol. The third-order valence-electron chi connectivity index (χ3n) is 5.87. The van der Waals surface area contributed by atoms with E-state index >= 15 is 0 Å². The third-order valence-corrected chi connectivity index (χ3v) is 6.78. The van der Waals surface area contributed by atoms with Crippen LogP contribution in [0.15, 0.2) is 57.9 Å². The highest BCUT2D eigenvalue weighted by Crippen LogP contribution is 2.34. The predicted molar refractivity (Wildman–Crippen MR) is 137 cm³/mol. The van der Waals surface area contributed by atoms with Gasteiger partial charge in [0, 0.05) is 17.3 Å². The summed E-state index contributed by atoms with van der Waals surface area (Å²) in [5.41, 5.74) is 4.53. The van der Waals surface area contributed by atoms with Crippen molar-refractivity contribution in [2.24, 2.45) is 0 Å². The number of anilines is 1. The summed E-state index contributed by atoms with van der Waals surface area (Å²) < 4.78 is 10.7. The number of hydrogen-bond donors (Lipinski definition) is 1. The lowest BCUT2D eigenvalue weighted by atomic mass is 10.0. The van der Waals surface area contributed by atoms with Crippen LogP contribution >= 0.6 is 11.8 Å². The van der Waals surface area contributed by atoms with Gasteiger partial charge in [-0.25, -0.2) is 4.79 Å². The summed E-state index contributed by atoms with van der Waals surface area (Å²) in [6.45, 7) is 5.30. The van der Waals surface area contributed by atoms with Gasteiger partial charge < -0.3 is 14.5 Å². The minimum absolute atomic E-state index is 0.153. The second-order valence-corrected chi connectivity index (χ2v) is 9.28. The summed E-state index contributed by atoms with van der Waals surface area (Å²) in [5.74, 6) is -0.629. The minimum Gasteiger partial charge on any atom is -0.465 e. The lowest BCUT2D eigenvalue weighted by molar-refractivity contribution is -0.127. The van der Waals surface area contributed by atoms with Crippen LogP contribution in [0.4, 0.5) is 10.5 Å². The zero-order valence-electron chi connectivity index (χ0n) is 20.2. The Morgan fingerprint density at radius 2 is 1.83 bits per heavy atom. The zero-order valence-corrected chi connectivity index (χ0v) is 21.0. The number of amides is 3. The predicted octanol–water partition coefficient (Wildman–Crippen LogP) is 5.33. The maximum Gasteiger partial charge on any atom is 0.338 e. The largest absolute Gasteiger partial charge is 0.465 e. The summed E-state index contributed by atoms with van der Waals surface area (Å²) in [6.07, 6.45) is 1.47. The molecule has 1 fully saturated rings. The first kappa shape index (κ1) is 25.0. The van der Waals surface area contributed by atoms with Gasteiger partial charge >= 0.3 is 5.97 Å². The first-order valence-electron chi connectivity index (χ1n) is 11.1. The van der Waals surface area contributed by atoms with Gasteiger partial charge in [0.25, 0.3) is 11.1 Å². The van der Waals surface area contributed by atoms with Crippen molar-refractivity contribution < 1.29 is 28.3 Å². The van der Waals surface area contributed by atoms with E-state index in [1.807, 2.05) is 32.0 Å². The number of benzene rings is 2. The quantitative estimate of drug-likeness (QED) is 0.357. The van der Waals surface area contributed by atoms with E-state index in [1.165, 1.54) is 13.2 Å². The van der Waals surface area contributed by atoms with Gasteiger partial charge in [0.05, 0.1) is 17.6 Å². The molecular formula is C27H24N2O6S. The number of nitrogens with one attached hydrogen (secondary N) is 1. The number of imide groups is 1. The van der Waals surface area contributed by atoms with Crippen LogP contribution in [0, 0.1) is 20.8 Å². The molecule has 0 spiro atoms. The molecule has 2 aromatic carbocycles. The van der Waals surface area contributed by atoms with Crippen LogP contribution < -0.4 is 5.32 Å². The minimum atomic E-state index is -0.568. The zero-order chi connectivity index (χ0) is 26.0. The Labute approximate surface area is 212 Å². The van der Waals surface area contributed by atoms with E-state index in [4.69, 9.17) is 9.15 Å². The Hall–Kier alpha value is -4.11. The molecule has 0 bridgehead atoms. The molecule has 4 rings (SSSR count). The summed E-state index contributed by atoms with van der Waals surface area (Å²) >= 11 is 0.744. The molecule has 1 aliphatic heterocycles. The number of aryl methyl sites for hydroxylation is 2. The highest BCUT2D eigenvalue weighted by molar-refractivity contribution is 8.18. The SMILES string of the molecule is COC(=O)c1cccc(-c2ccc(/C=C3/SC(=O)N(CC(=O)Nc4ccc(C)c(C)c4)C3=O)o2)c1C. The van der Waals surface area contributed by atoms with Gasteiger partial charge in [-0.05, 0) is 79.6 Å². The fourth-order valence-electron chi connectivity index (χ4n) is 3.74. The first-order valence-corrected chi connectivity index (χ1v) is 11.9. The van der Waals surface area contributed by atoms with Crippen LogP contribution in [-0.2, 0) is 14.3 Å². The van der Waals surface area contributed by atoms with Crippen molar-refractivity contribution in [1.82, 2.24) is 4.90 Å². The smallest absolute Gasteiger partial charge is 0.338 e. The topological polar surface area (TPSA) is 106 Å². The summed E-state index contributed by atoms with van der Waals surface area (Å²) in [7, 11) is 1.32. The summed E-state index contributed by atoms with van der Waals surface area (Å²) in [4.78, 5) is 50.8. The van der Waals surface area contributed by atoms with E-state index in [1.54, 1.807) is 37.3 Å². The van der Waals surface area contributed by atoms with Gasteiger partial charge in [-0.2, -0.15) is 0 Å². The molecule has 1 N–H and O–H groups in total. The van der Waals surface area contributed by atoms with Gasteiger partial charge in [0.2, 0.25) is 5.91 Å². The Morgan fingerprint density at radius 1 is 1.06 bits per heavy atom. The molecule has 3 amide bonds. The number of esters is 1. The Morgan fingerprint density at radius 3 is 2.56 bits per heavy atom. The molecule has 0 aliphatic carbocycles. The van der Waals surface area contributed by atoms with Gasteiger partial charge in [-0.1, -0.05) is 18.2 Å². The summed E-state index contributed by atoms with van der Waals surface area (Å²) in [5, 5.41) is 2.19. The van der Waals surface area contributed by atoms with Crippen LogP contribution in [-0.4, -0.2) is 41.6 Å². The Bertz CT molecular complexity index is 1420. The Balaban J connectivity index is 1.48. The molecule has 2 heterocycles. The number of methoxy groups -OCH3 is 1. The molecule has 8 nitrogen and oxygen atoms in total. The number of nitrogens with zero attached hydrogens (tertiary/aromatic N) is 1. The molecule has 184 valence electrons. The van der Waals surface area contributed by atoms with Gasteiger partial charge in [0.1, 0.15) is 18.1 Å². The number of rotatable bonds is 6. The molecule has 3 aromatic rings. The van der Waals surface area contributed by atoms with Gasteiger partial charge in [-0.3, -0.25) is 19.3 Å². The number of hydrogen-bond acceptors (Lipinski definition) is 7. The molecule has 0 atom stereocenters. The van der Waals surface area contributed by atoms with E-state index in [0.29, 0.717) is 33.9 Å². The maximum absolute atomic E-state index is 12.8. The molecule has 0 radical (unpaired) electrons. The molecule has 0 saturated carbocycles. The van der Waals surface area contributed by atoms with E-state index in [2.05, 4.69) is 5.32 Å². The standard InChI is InChI=1S/C27H24N2O6S/c1-15-8-9-18(12-16(15)2)28-24(30)14-29-25(31)23(36-27(29)33)13-19-10-11-22(35-19)20-6-5-7-21(17(20)3)26(32)34-4/h5-13H,14H2,1-4H3,(H,28,30)/b23-13+. The fraction of sp³-hybridized carbons (Fsp3) is 0.185. The number of ether oxygens (including phenoxy) is 1. The number of furan rings is 1. The lowest BCUT2D eigenvalue weighted by Gasteiger charge is -2.13. The van der Waals surface area contributed by atoms with Crippen molar-refractivity contribution in [2.75, 3.05) is 19.0 Å². The van der Waals surface area contributed by atoms with Crippen LogP contribution in [0.2, 0.25) is 0 Å². The highest BCUT2D eigenvalue weighted by Gasteiger charge is 2.36. The lowest BCUT2D eigenvalue weighted by Crippen LogP contribution is -2.36. The second-order valence-electron chi connectivity index (χ2n) is 8.29. The second kappa shape index (κ2) is 10.2. The Kier molecular flexibility index (Phi) is 7.12. The third kappa shape index (κ3) is 5.11. The van der Waals surface area contributed by atoms with Crippen molar-refractivity contribution in [1.29, 1.82) is 0 Å². The molecule has 0 unspecified atom stereocenters. The van der Waals surface area contributed by atoms with Crippen molar-refractivity contribution >= 4 is 46.5 Å². The van der Waals surface area contributed by atoms with Gasteiger partial charge in [0.15, 0.2) is 0 Å². The van der Waals surface area contributed by atoms with Crippen LogP contribution in [0.3, 0.4) is 0 Å². The van der Waals surface area contributed by atoms with Crippen molar-refractivity contribution in [3.8, 4) is 11.3 Å². The van der Waals surface area contributed by atoms with E-state index in [9.17, 15) is 19.2 Å². The van der Waals surface area contributed by atoms with Crippen LogP contribution in [0.25, 0.3) is 17.4 Å². The molecule has 1 saturated heterocycles. The van der Waals surface area contributed by atoms with Gasteiger partial charge in [-0.15, -0.1) is 0 Å². The van der Waals surface area contributed by atoms with E-state index in [-0.39, 0.29) is 4.91 Å². The number of carbonyl (C=O) groups is 4. The summed E-state index contributed by atoms with van der Waals surface area (Å²) in [6, 6.07) is 14.1. The fourth-order valence-corrected chi connectivity index (χ4v) is 4.56. The van der Waals surface area contributed by atoms with E-state index < -0.39 is 29.6 Å². The van der Waals surface area contributed by atoms with Crippen LogP contribution in [0.1, 0.15) is 32.8 Å². The molecule has 1 aromatic heterocycles. The van der Waals surface area contributed by atoms with Crippen molar-refractivity contribution in [2.45, 2.75) is 20.8 Å². The molecule has 9 heteroatoms. The van der Waals surface area contributed by atoms with Crippen molar-refractivity contribution in [3.63, 3.8) is 0 Å². The molecular weight excluding hydrogens is 480 g/mol.